The van der Waals surface area contributed by atoms with E-state index < -0.39 is 5.60 Å². The Labute approximate surface area is 97.1 Å². The van der Waals surface area contributed by atoms with Crippen LogP contribution in [0.4, 0.5) is 0 Å². The Bertz CT molecular complexity index is 345. The standard InChI is InChI=1S/C12H22N2O2/c1-7-8(12(5,6)15)9-13-14-10(16-9)11(2,3)4/h8,15H,7H2,1-6H3/t8-/m1/s1. The second-order valence-electron chi connectivity index (χ2n) is 5.81. The molecule has 0 aliphatic carbocycles. The molecule has 0 saturated carbocycles. The summed E-state index contributed by atoms with van der Waals surface area (Å²) in [5, 5.41) is 18.1. The molecule has 4 nitrogen and oxygen atoms in total. The molecule has 0 saturated heterocycles. The summed E-state index contributed by atoms with van der Waals surface area (Å²) in [4.78, 5) is 0. The predicted molar refractivity (Wildman–Crippen MR) is 62.3 cm³/mol. The zero-order valence-corrected chi connectivity index (χ0v) is 11.0. The van der Waals surface area contributed by atoms with Gasteiger partial charge in [0.05, 0.1) is 11.5 Å². The average Bonchev–Trinajstić information content (AvgIpc) is 2.50. The van der Waals surface area contributed by atoms with Crippen molar-refractivity contribution in [1.82, 2.24) is 10.2 Å². The van der Waals surface area contributed by atoms with Crippen LogP contribution in [0.1, 0.15) is 65.7 Å². The Morgan fingerprint density at radius 3 is 2.06 bits per heavy atom. The minimum Gasteiger partial charge on any atom is -0.424 e. The van der Waals surface area contributed by atoms with Crippen molar-refractivity contribution in [3.63, 3.8) is 0 Å². The fourth-order valence-electron chi connectivity index (χ4n) is 1.65. The van der Waals surface area contributed by atoms with Gasteiger partial charge in [0, 0.05) is 5.41 Å². The maximum atomic E-state index is 10.0. The largest absolute Gasteiger partial charge is 0.424 e. The zero-order chi connectivity index (χ0) is 12.6. The van der Waals surface area contributed by atoms with Crippen molar-refractivity contribution in [3.8, 4) is 0 Å². The van der Waals surface area contributed by atoms with Crippen LogP contribution in [0.15, 0.2) is 4.42 Å². The molecule has 0 spiro atoms. The number of aromatic nitrogens is 2. The molecule has 0 amide bonds. The lowest BCUT2D eigenvalue weighted by Gasteiger charge is -2.25. The molecule has 0 radical (unpaired) electrons. The third kappa shape index (κ3) is 2.82. The number of nitrogens with zero attached hydrogens (tertiary/aromatic N) is 2. The topological polar surface area (TPSA) is 59.2 Å². The highest BCUT2D eigenvalue weighted by atomic mass is 16.4. The van der Waals surface area contributed by atoms with Gasteiger partial charge in [-0.05, 0) is 20.3 Å². The van der Waals surface area contributed by atoms with Crippen LogP contribution >= 0.6 is 0 Å². The molecular formula is C12H22N2O2. The van der Waals surface area contributed by atoms with Crippen LogP contribution in [0.3, 0.4) is 0 Å². The number of hydrogen-bond donors (Lipinski definition) is 1. The summed E-state index contributed by atoms with van der Waals surface area (Å²) in [5.74, 6) is 1.03. The van der Waals surface area contributed by atoms with Crippen molar-refractivity contribution in [1.29, 1.82) is 0 Å². The average molecular weight is 226 g/mol. The molecule has 1 rings (SSSR count). The van der Waals surface area contributed by atoms with Crippen molar-refractivity contribution in [2.45, 2.75) is 64.9 Å². The van der Waals surface area contributed by atoms with Crippen LogP contribution in [0.25, 0.3) is 0 Å². The van der Waals surface area contributed by atoms with E-state index in [1.807, 2.05) is 27.7 Å². The van der Waals surface area contributed by atoms with Gasteiger partial charge in [0.2, 0.25) is 11.8 Å². The minimum atomic E-state index is -0.837. The van der Waals surface area contributed by atoms with Crippen molar-refractivity contribution < 1.29 is 9.52 Å². The van der Waals surface area contributed by atoms with Gasteiger partial charge in [0.1, 0.15) is 0 Å². The van der Waals surface area contributed by atoms with Gasteiger partial charge in [-0.15, -0.1) is 10.2 Å². The van der Waals surface area contributed by atoms with E-state index in [0.29, 0.717) is 11.8 Å². The van der Waals surface area contributed by atoms with E-state index in [9.17, 15) is 5.11 Å². The zero-order valence-electron chi connectivity index (χ0n) is 11.0. The van der Waals surface area contributed by atoms with Gasteiger partial charge >= 0.3 is 0 Å². The summed E-state index contributed by atoms with van der Waals surface area (Å²) >= 11 is 0. The van der Waals surface area contributed by atoms with E-state index >= 15 is 0 Å². The SMILES string of the molecule is CC[C@H](c1nnc(C(C)(C)C)o1)C(C)(C)O. The van der Waals surface area contributed by atoms with E-state index in [1.165, 1.54) is 0 Å². The fourth-order valence-corrected chi connectivity index (χ4v) is 1.65. The lowest BCUT2D eigenvalue weighted by molar-refractivity contribution is 0.0380. The number of aliphatic hydroxyl groups is 1. The third-order valence-corrected chi connectivity index (χ3v) is 2.64. The molecule has 1 aromatic rings. The summed E-state index contributed by atoms with van der Waals surface area (Å²) in [7, 11) is 0. The van der Waals surface area contributed by atoms with Crippen LogP contribution in [0.5, 0.6) is 0 Å². The van der Waals surface area contributed by atoms with Crippen LogP contribution in [-0.4, -0.2) is 20.9 Å². The summed E-state index contributed by atoms with van der Waals surface area (Å²) < 4.78 is 5.65. The van der Waals surface area contributed by atoms with Gasteiger partial charge < -0.3 is 9.52 Å². The summed E-state index contributed by atoms with van der Waals surface area (Å²) in [6.45, 7) is 11.6. The first-order valence-electron chi connectivity index (χ1n) is 5.72. The number of rotatable bonds is 3. The first-order valence-corrected chi connectivity index (χ1v) is 5.72. The van der Waals surface area contributed by atoms with Crippen LogP contribution in [-0.2, 0) is 5.41 Å². The molecule has 0 aliphatic heterocycles. The van der Waals surface area contributed by atoms with Gasteiger partial charge in [0.15, 0.2) is 0 Å². The van der Waals surface area contributed by atoms with Gasteiger partial charge in [-0.25, -0.2) is 0 Å². The highest BCUT2D eigenvalue weighted by Crippen LogP contribution is 2.31. The Kier molecular flexibility index (Phi) is 3.43. The summed E-state index contributed by atoms with van der Waals surface area (Å²) in [6, 6.07) is 0. The van der Waals surface area contributed by atoms with E-state index in [-0.39, 0.29) is 11.3 Å². The molecule has 0 aromatic carbocycles. The highest BCUT2D eigenvalue weighted by molar-refractivity contribution is 5.02. The monoisotopic (exact) mass is 226 g/mol. The Morgan fingerprint density at radius 2 is 1.75 bits per heavy atom. The van der Waals surface area contributed by atoms with Gasteiger partial charge in [-0.3, -0.25) is 0 Å². The van der Waals surface area contributed by atoms with Crippen LogP contribution < -0.4 is 0 Å². The molecule has 1 aromatic heterocycles. The Balaban J connectivity index is 3.01. The second-order valence-corrected chi connectivity index (χ2v) is 5.81. The highest BCUT2D eigenvalue weighted by Gasteiger charge is 2.32. The maximum absolute atomic E-state index is 10.0. The molecular weight excluding hydrogens is 204 g/mol. The number of hydrogen-bond acceptors (Lipinski definition) is 4. The van der Waals surface area contributed by atoms with Gasteiger partial charge in [0.25, 0.3) is 0 Å². The summed E-state index contributed by atoms with van der Waals surface area (Å²) in [5.41, 5.74) is -0.987. The molecule has 0 unspecified atom stereocenters. The van der Waals surface area contributed by atoms with Crippen molar-refractivity contribution in [2.24, 2.45) is 0 Å². The normalized spacial score (nSPS) is 15.2. The molecule has 1 atom stereocenters. The van der Waals surface area contributed by atoms with Crippen molar-refractivity contribution >= 4 is 0 Å². The molecule has 1 heterocycles. The molecule has 0 aliphatic rings. The van der Waals surface area contributed by atoms with E-state index in [0.717, 1.165) is 6.42 Å². The Morgan fingerprint density at radius 1 is 1.19 bits per heavy atom. The second kappa shape index (κ2) is 4.17. The molecule has 4 heteroatoms. The lowest BCUT2D eigenvalue weighted by atomic mass is 9.89. The van der Waals surface area contributed by atoms with E-state index in [4.69, 9.17) is 4.42 Å². The predicted octanol–water partition coefficient (Wildman–Crippen LogP) is 2.63. The lowest BCUT2D eigenvalue weighted by Crippen LogP contribution is -2.28. The van der Waals surface area contributed by atoms with Crippen LogP contribution in [0.2, 0.25) is 0 Å². The quantitative estimate of drug-likeness (QED) is 0.860. The third-order valence-electron chi connectivity index (χ3n) is 2.64. The molecule has 0 fully saturated rings. The minimum absolute atomic E-state index is 0.115. The maximum Gasteiger partial charge on any atom is 0.222 e. The van der Waals surface area contributed by atoms with E-state index in [1.54, 1.807) is 13.8 Å². The van der Waals surface area contributed by atoms with Crippen LogP contribution in [0, 0.1) is 0 Å². The van der Waals surface area contributed by atoms with Crippen molar-refractivity contribution in [2.75, 3.05) is 0 Å². The molecule has 92 valence electrons. The van der Waals surface area contributed by atoms with Gasteiger partial charge in [-0.2, -0.15) is 0 Å². The van der Waals surface area contributed by atoms with Gasteiger partial charge in [-0.1, -0.05) is 27.7 Å². The first kappa shape index (κ1) is 13.2. The first-order chi connectivity index (χ1) is 7.16. The molecule has 1 N–H and O–H groups in total. The van der Waals surface area contributed by atoms with E-state index in [2.05, 4.69) is 10.2 Å². The van der Waals surface area contributed by atoms with Crippen molar-refractivity contribution in [3.05, 3.63) is 11.8 Å². The Hall–Kier alpha value is -0.900. The molecule has 0 bridgehead atoms. The fraction of sp³-hybridized carbons (Fsp3) is 0.833. The molecule has 16 heavy (non-hydrogen) atoms. The smallest absolute Gasteiger partial charge is 0.222 e. The summed E-state index contributed by atoms with van der Waals surface area (Å²) in [6.07, 6.45) is 0.773.